The normalized spacial score (nSPS) is 13.7. The molecule has 0 unspecified atom stereocenters. The minimum atomic E-state index is 0.479. The summed E-state index contributed by atoms with van der Waals surface area (Å²) in [6.07, 6.45) is 7.84. The van der Waals surface area contributed by atoms with Crippen molar-refractivity contribution in [2.45, 2.75) is 59.0 Å². The van der Waals surface area contributed by atoms with E-state index in [1.165, 1.54) is 31.9 Å². The Hall–Kier alpha value is -1.31. The average Bonchev–Trinajstić information content (AvgIpc) is 2.95. The predicted octanol–water partition coefficient (Wildman–Crippen LogP) is 5.08. The van der Waals surface area contributed by atoms with Crippen LogP contribution in [0.2, 0.25) is 0 Å². The minimum absolute atomic E-state index is 0.479. The Morgan fingerprint density at radius 3 is 2.11 bits per heavy atom. The van der Waals surface area contributed by atoms with E-state index in [0.29, 0.717) is 6.10 Å². The zero-order valence-electron chi connectivity index (χ0n) is 12.0. The molecule has 1 aromatic rings. The highest BCUT2D eigenvalue weighted by atomic mass is 16.5. The lowest BCUT2D eigenvalue weighted by Crippen LogP contribution is -2.10. The summed E-state index contributed by atoms with van der Waals surface area (Å²) in [5, 5.41) is 6.33. The first-order valence-corrected chi connectivity index (χ1v) is 7.07. The maximum absolute atomic E-state index is 6.33. The maximum Gasteiger partial charge on any atom is 0.119 e. The molecule has 0 aromatic heterocycles. The lowest BCUT2D eigenvalue weighted by atomic mass is 10.3. The molecule has 0 spiro atoms. The molecule has 0 radical (unpaired) electrons. The van der Waals surface area contributed by atoms with E-state index in [1.807, 2.05) is 51.1 Å². The second-order valence-corrected chi connectivity index (χ2v) is 3.95. The third-order valence-corrected chi connectivity index (χ3v) is 2.55. The van der Waals surface area contributed by atoms with Crippen molar-refractivity contribution in [3.63, 3.8) is 0 Å². The molecule has 1 fully saturated rings. The molecule has 1 aromatic carbocycles. The van der Waals surface area contributed by atoms with Gasteiger partial charge in [0.2, 0.25) is 0 Å². The highest BCUT2D eigenvalue weighted by Gasteiger charge is 2.15. The van der Waals surface area contributed by atoms with E-state index >= 15 is 0 Å². The largest absolute Gasteiger partial charge is 0.490 e. The van der Waals surface area contributed by atoms with Crippen LogP contribution in [0.3, 0.4) is 0 Å². The molecule has 0 amide bonds. The number of rotatable bonds is 3. The van der Waals surface area contributed by atoms with Gasteiger partial charge in [-0.25, -0.2) is 0 Å². The third-order valence-electron chi connectivity index (χ3n) is 2.55. The summed E-state index contributed by atoms with van der Waals surface area (Å²) < 4.78 is 5.78. The van der Waals surface area contributed by atoms with Crippen molar-refractivity contribution in [1.82, 2.24) is 0 Å². The highest BCUT2D eigenvalue weighted by molar-refractivity contribution is 5.51. The van der Waals surface area contributed by atoms with Crippen LogP contribution in [0.5, 0.6) is 5.75 Å². The quantitative estimate of drug-likeness (QED) is 0.744. The summed E-state index contributed by atoms with van der Waals surface area (Å²) in [4.78, 5) is 0. The summed E-state index contributed by atoms with van der Waals surface area (Å²) >= 11 is 0. The van der Waals surface area contributed by atoms with Gasteiger partial charge in [0.05, 0.1) is 6.10 Å². The zero-order valence-corrected chi connectivity index (χ0v) is 12.0. The van der Waals surface area contributed by atoms with Crippen LogP contribution < -0.4 is 4.74 Å². The van der Waals surface area contributed by atoms with Crippen LogP contribution in [-0.4, -0.2) is 12.3 Å². The summed E-state index contributed by atoms with van der Waals surface area (Å²) in [6.45, 7) is 5.94. The Bertz CT molecular complexity index is 278. The molecule has 2 rings (SSSR count). The SMILES string of the molecule is CC.CCC=N.c1ccc(OC2CCCC2)cc1. The van der Waals surface area contributed by atoms with E-state index in [2.05, 4.69) is 0 Å². The molecule has 1 aliphatic rings. The molecule has 2 heteroatoms. The van der Waals surface area contributed by atoms with Crippen molar-refractivity contribution >= 4 is 6.21 Å². The van der Waals surface area contributed by atoms with Gasteiger partial charge in [-0.3, -0.25) is 0 Å². The first kappa shape index (κ1) is 16.7. The molecule has 0 saturated heterocycles. The van der Waals surface area contributed by atoms with Gasteiger partial charge in [-0.2, -0.15) is 0 Å². The van der Waals surface area contributed by atoms with Crippen molar-refractivity contribution in [2.24, 2.45) is 0 Å². The fourth-order valence-electron chi connectivity index (χ4n) is 1.70. The molecule has 102 valence electrons. The van der Waals surface area contributed by atoms with Crippen molar-refractivity contribution in [3.05, 3.63) is 30.3 Å². The van der Waals surface area contributed by atoms with Gasteiger partial charge in [0.15, 0.2) is 0 Å². The average molecular weight is 249 g/mol. The Morgan fingerprint density at radius 1 is 1.17 bits per heavy atom. The number of benzene rings is 1. The van der Waals surface area contributed by atoms with Gasteiger partial charge < -0.3 is 10.1 Å². The minimum Gasteiger partial charge on any atom is -0.490 e. The summed E-state index contributed by atoms with van der Waals surface area (Å²) in [5.41, 5.74) is 0. The van der Waals surface area contributed by atoms with E-state index in [-0.39, 0.29) is 0 Å². The Morgan fingerprint density at radius 2 is 1.67 bits per heavy atom. The number of hydrogen-bond acceptors (Lipinski definition) is 2. The fraction of sp³-hybridized carbons (Fsp3) is 0.562. The third kappa shape index (κ3) is 7.88. The molecule has 18 heavy (non-hydrogen) atoms. The Kier molecular flexibility index (Phi) is 11.3. The van der Waals surface area contributed by atoms with Gasteiger partial charge in [0.25, 0.3) is 0 Å². The van der Waals surface area contributed by atoms with Gasteiger partial charge in [0.1, 0.15) is 5.75 Å². The van der Waals surface area contributed by atoms with Crippen LogP contribution in [0.15, 0.2) is 30.3 Å². The van der Waals surface area contributed by atoms with E-state index in [4.69, 9.17) is 10.1 Å². The first-order chi connectivity index (χ1) is 8.86. The maximum atomic E-state index is 6.33. The summed E-state index contributed by atoms with van der Waals surface area (Å²) in [5.74, 6) is 1.02. The van der Waals surface area contributed by atoms with E-state index in [9.17, 15) is 0 Å². The van der Waals surface area contributed by atoms with Crippen molar-refractivity contribution in [2.75, 3.05) is 0 Å². The number of ether oxygens (including phenoxy) is 1. The smallest absolute Gasteiger partial charge is 0.119 e. The van der Waals surface area contributed by atoms with Crippen molar-refractivity contribution in [3.8, 4) is 5.75 Å². The summed E-state index contributed by atoms with van der Waals surface area (Å²) in [6, 6.07) is 10.1. The molecule has 2 nitrogen and oxygen atoms in total. The standard InChI is InChI=1S/C11H14O.C3H7N.C2H6/c1-2-6-10(7-3-1)12-11-8-4-5-9-11;1-2-3-4;1-2/h1-3,6-7,11H,4-5,8-9H2;3-4H,2H2,1H3;1-2H3. The van der Waals surface area contributed by atoms with Crippen LogP contribution in [-0.2, 0) is 0 Å². The summed E-state index contributed by atoms with van der Waals surface area (Å²) in [7, 11) is 0. The molecule has 0 atom stereocenters. The Balaban J connectivity index is 0.000000415. The molecule has 1 saturated carbocycles. The number of hydrogen-bond donors (Lipinski definition) is 1. The van der Waals surface area contributed by atoms with Crippen molar-refractivity contribution < 1.29 is 4.74 Å². The predicted molar refractivity (Wildman–Crippen MR) is 79.7 cm³/mol. The molecular formula is C16H27NO. The molecule has 0 heterocycles. The van der Waals surface area contributed by atoms with Gasteiger partial charge in [0, 0.05) is 0 Å². The second kappa shape index (κ2) is 12.2. The van der Waals surface area contributed by atoms with E-state index < -0.39 is 0 Å². The monoisotopic (exact) mass is 249 g/mol. The number of nitrogens with one attached hydrogen (secondary N) is 1. The van der Waals surface area contributed by atoms with Crippen LogP contribution in [0.1, 0.15) is 52.9 Å². The van der Waals surface area contributed by atoms with Gasteiger partial charge >= 0.3 is 0 Å². The molecule has 0 bridgehead atoms. The first-order valence-electron chi connectivity index (χ1n) is 7.07. The highest BCUT2D eigenvalue weighted by Crippen LogP contribution is 2.23. The number of para-hydroxylation sites is 1. The zero-order chi connectivity index (χ0) is 13.6. The molecular weight excluding hydrogens is 222 g/mol. The molecule has 1 N–H and O–H groups in total. The van der Waals surface area contributed by atoms with E-state index in [1.54, 1.807) is 0 Å². The van der Waals surface area contributed by atoms with Crippen LogP contribution in [0.25, 0.3) is 0 Å². The van der Waals surface area contributed by atoms with E-state index in [0.717, 1.165) is 12.2 Å². The van der Waals surface area contributed by atoms with Gasteiger partial charge in [-0.05, 0) is 50.5 Å². The van der Waals surface area contributed by atoms with Gasteiger partial charge in [-0.1, -0.05) is 39.0 Å². The molecule has 0 aliphatic heterocycles. The Labute approximate surface area is 112 Å². The second-order valence-electron chi connectivity index (χ2n) is 3.95. The lowest BCUT2D eigenvalue weighted by molar-refractivity contribution is 0.210. The van der Waals surface area contributed by atoms with Crippen LogP contribution in [0.4, 0.5) is 0 Å². The van der Waals surface area contributed by atoms with Crippen LogP contribution >= 0.6 is 0 Å². The van der Waals surface area contributed by atoms with Crippen molar-refractivity contribution in [1.29, 1.82) is 5.41 Å². The fourth-order valence-corrected chi connectivity index (χ4v) is 1.70. The van der Waals surface area contributed by atoms with Gasteiger partial charge in [-0.15, -0.1) is 0 Å². The topological polar surface area (TPSA) is 33.1 Å². The molecule has 1 aliphatic carbocycles. The lowest BCUT2D eigenvalue weighted by Gasteiger charge is -2.12. The van der Waals surface area contributed by atoms with Crippen LogP contribution in [0, 0.1) is 5.41 Å².